The Morgan fingerprint density at radius 2 is 2.00 bits per heavy atom. The summed E-state index contributed by atoms with van der Waals surface area (Å²) in [6, 6.07) is -1.15. The van der Waals surface area contributed by atoms with Crippen molar-refractivity contribution in [2.45, 2.75) is 44.7 Å². The highest BCUT2D eigenvalue weighted by atomic mass is 16.5. The fourth-order valence-electron chi connectivity index (χ4n) is 1.11. The predicted molar refractivity (Wildman–Crippen MR) is 63.7 cm³/mol. The summed E-state index contributed by atoms with van der Waals surface area (Å²) in [5.74, 6) is -2.29. The first-order valence-electron chi connectivity index (χ1n) is 5.64. The first kappa shape index (κ1) is 16.4. The molecule has 0 aliphatic heterocycles. The second kappa shape index (κ2) is 6.95. The third kappa shape index (κ3) is 5.13. The summed E-state index contributed by atoms with van der Waals surface area (Å²) in [6.45, 7) is 3.24. The molecule has 18 heavy (non-hydrogen) atoms. The van der Waals surface area contributed by atoms with E-state index in [0.717, 1.165) is 0 Å². The van der Waals surface area contributed by atoms with Crippen LogP contribution in [0.15, 0.2) is 0 Å². The molecule has 0 aromatic carbocycles. The summed E-state index contributed by atoms with van der Waals surface area (Å²) in [4.78, 5) is 33.6. The molecule has 1 amide bonds. The van der Waals surface area contributed by atoms with E-state index in [9.17, 15) is 14.4 Å². The van der Waals surface area contributed by atoms with Gasteiger partial charge in [-0.25, -0.2) is 4.79 Å². The van der Waals surface area contributed by atoms with Gasteiger partial charge >= 0.3 is 11.9 Å². The van der Waals surface area contributed by atoms with E-state index in [2.05, 4.69) is 10.1 Å². The van der Waals surface area contributed by atoms with Crippen molar-refractivity contribution in [3.63, 3.8) is 0 Å². The molecule has 0 aliphatic carbocycles. The minimum Gasteiger partial charge on any atom is -0.480 e. The minimum absolute atomic E-state index is 0.0342. The van der Waals surface area contributed by atoms with E-state index in [1.54, 1.807) is 6.92 Å². The number of nitrogens with one attached hydrogen (secondary N) is 1. The van der Waals surface area contributed by atoms with Gasteiger partial charge in [0.25, 0.3) is 0 Å². The maximum atomic E-state index is 11.7. The van der Waals surface area contributed by atoms with Crippen molar-refractivity contribution in [3.05, 3.63) is 0 Å². The van der Waals surface area contributed by atoms with Crippen LogP contribution in [0.1, 0.15) is 33.1 Å². The first-order chi connectivity index (χ1) is 8.24. The number of nitrogens with two attached hydrogens (primary N) is 1. The summed E-state index contributed by atoms with van der Waals surface area (Å²) in [7, 11) is 1.21. The number of hydrogen-bond donors (Lipinski definition) is 3. The van der Waals surface area contributed by atoms with Crippen LogP contribution in [-0.4, -0.2) is 41.6 Å². The molecule has 0 aromatic rings. The number of rotatable bonds is 7. The lowest BCUT2D eigenvalue weighted by molar-refractivity contribution is -0.144. The molecule has 2 unspecified atom stereocenters. The average molecular weight is 260 g/mol. The minimum atomic E-state index is -1.21. The summed E-state index contributed by atoms with van der Waals surface area (Å²) < 4.78 is 4.40. The smallest absolute Gasteiger partial charge is 0.326 e. The van der Waals surface area contributed by atoms with Crippen molar-refractivity contribution in [1.29, 1.82) is 0 Å². The van der Waals surface area contributed by atoms with Crippen LogP contribution < -0.4 is 11.1 Å². The van der Waals surface area contributed by atoms with E-state index in [1.807, 2.05) is 0 Å². The Hall–Kier alpha value is -1.63. The molecule has 0 saturated heterocycles. The lowest BCUT2D eigenvalue weighted by Crippen LogP contribution is -2.55. The van der Waals surface area contributed by atoms with Gasteiger partial charge in [-0.2, -0.15) is 0 Å². The SMILES string of the molecule is CCC(C)(N)C(=O)NC(CCC(=O)OC)C(=O)O. The number of amides is 1. The third-order valence-corrected chi connectivity index (χ3v) is 2.72. The molecule has 0 aromatic heterocycles. The Balaban J connectivity index is 4.50. The zero-order chi connectivity index (χ0) is 14.3. The number of carbonyl (C=O) groups is 3. The molecule has 0 aliphatic rings. The van der Waals surface area contributed by atoms with Gasteiger partial charge in [0.05, 0.1) is 12.6 Å². The Labute approximate surface area is 106 Å². The predicted octanol–water partition coefficient (Wildman–Crippen LogP) is -0.364. The molecule has 7 nitrogen and oxygen atoms in total. The van der Waals surface area contributed by atoms with E-state index in [-0.39, 0.29) is 12.8 Å². The topological polar surface area (TPSA) is 119 Å². The largest absolute Gasteiger partial charge is 0.480 e. The van der Waals surface area contributed by atoms with Crippen molar-refractivity contribution >= 4 is 17.8 Å². The van der Waals surface area contributed by atoms with Crippen LogP contribution in [0.3, 0.4) is 0 Å². The van der Waals surface area contributed by atoms with Gasteiger partial charge in [-0.1, -0.05) is 6.92 Å². The third-order valence-electron chi connectivity index (χ3n) is 2.72. The fourth-order valence-corrected chi connectivity index (χ4v) is 1.11. The highest BCUT2D eigenvalue weighted by Crippen LogP contribution is 2.07. The number of ether oxygens (including phenoxy) is 1. The molecule has 0 radical (unpaired) electrons. The van der Waals surface area contributed by atoms with Crippen LogP contribution >= 0.6 is 0 Å². The summed E-state index contributed by atoms with van der Waals surface area (Å²) in [5, 5.41) is 11.3. The lowest BCUT2D eigenvalue weighted by Gasteiger charge is -2.24. The molecule has 0 spiro atoms. The van der Waals surface area contributed by atoms with Crippen LogP contribution in [-0.2, 0) is 19.1 Å². The quantitative estimate of drug-likeness (QED) is 0.538. The van der Waals surface area contributed by atoms with E-state index in [1.165, 1.54) is 14.0 Å². The number of aliphatic carboxylic acids is 1. The molecule has 7 heteroatoms. The molecular weight excluding hydrogens is 240 g/mol. The van der Waals surface area contributed by atoms with E-state index >= 15 is 0 Å². The van der Waals surface area contributed by atoms with Crippen LogP contribution in [0.5, 0.6) is 0 Å². The Morgan fingerprint density at radius 3 is 2.39 bits per heavy atom. The Morgan fingerprint density at radius 1 is 1.44 bits per heavy atom. The highest BCUT2D eigenvalue weighted by Gasteiger charge is 2.30. The number of carbonyl (C=O) groups excluding carboxylic acids is 2. The van der Waals surface area contributed by atoms with Gasteiger partial charge in [0.2, 0.25) is 5.91 Å². The van der Waals surface area contributed by atoms with Gasteiger partial charge in [0, 0.05) is 6.42 Å². The fraction of sp³-hybridized carbons (Fsp3) is 0.727. The number of esters is 1. The maximum Gasteiger partial charge on any atom is 0.326 e. The van der Waals surface area contributed by atoms with Gasteiger partial charge < -0.3 is 20.9 Å². The number of methoxy groups -OCH3 is 1. The zero-order valence-electron chi connectivity index (χ0n) is 10.9. The zero-order valence-corrected chi connectivity index (χ0v) is 10.9. The van der Waals surface area contributed by atoms with Gasteiger partial charge in [-0.15, -0.1) is 0 Å². The van der Waals surface area contributed by atoms with E-state index < -0.39 is 29.4 Å². The van der Waals surface area contributed by atoms with Crippen LogP contribution in [0.2, 0.25) is 0 Å². The van der Waals surface area contributed by atoms with Crippen molar-refractivity contribution in [2.75, 3.05) is 7.11 Å². The molecule has 0 fully saturated rings. The van der Waals surface area contributed by atoms with Crippen molar-refractivity contribution < 1.29 is 24.2 Å². The summed E-state index contributed by atoms with van der Waals surface area (Å²) >= 11 is 0. The lowest BCUT2D eigenvalue weighted by atomic mass is 9.98. The van der Waals surface area contributed by atoms with Crippen molar-refractivity contribution in [3.8, 4) is 0 Å². The number of hydrogen-bond acceptors (Lipinski definition) is 5. The molecular formula is C11H20N2O5. The van der Waals surface area contributed by atoms with Crippen molar-refractivity contribution in [1.82, 2.24) is 5.32 Å². The number of carboxylic acid groups (broad SMARTS) is 1. The monoisotopic (exact) mass is 260 g/mol. The first-order valence-corrected chi connectivity index (χ1v) is 5.64. The molecule has 4 N–H and O–H groups in total. The van der Waals surface area contributed by atoms with Crippen LogP contribution in [0, 0.1) is 0 Å². The molecule has 104 valence electrons. The molecule has 0 heterocycles. The van der Waals surface area contributed by atoms with E-state index in [0.29, 0.717) is 6.42 Å². The molecule has 0 rings (SSSR count). The van der Waals surface area contributed by atoms with Gasteiger partial charge in [-0.05, 0) is 19.8 Å². The maximum absolute atomic E-state index is 11.7. The molecule has 2 atom stereocenters. The second-order valence-electron chi connectivity index (χ2n) is 4.25. The summed E-state index contributed by atoms with van der Waals surface area (Å²) in [6.07, 6.45) is 0.261. The van der Waals surface area contributed by atoms with E-state index in [4.69, 9.17) is 10.8 Å². The average Bonchev–Trinajstić information content (AvgIpc) is 2.32. The number of carboxylic acids is 1. The normalized spacial score (nSPS) is 15.3. The van der Waals surface area contributed by atoms with Crippen molar-refractivity contribution in [2.24, 2.45) is 5.73 Å². The van der Waals surface area contributed by atoms with Gasteiger partial charge in [0.15, 0.2) is 0 Å². The second-order valence-corrected chi connectivity index (χ2v) is 4.25. The molecule has 0 bridgehead atoms. The Bertz CT molecular complexity index is 327. The van der Waals surface area contributed by atoms with Gasteiger partial charge in [-0.3, -0.25) is 9.59 Å². The van der Waals surface area contributed by atoms with Crippen LogP contribution in [0.25, 0.3) is 0 Å². The van der Waals surface area contributed by atoms with Crippen LogP contribution in [0.4, 0.5) is 0 Å². The Kier molecular flexibility index (Phi) is 6.32. The summed E-state index contributed by atoms with van der Waals surface area (Å²) in [5.41, 5.74) is 4.57. The standard InChI is InChI=1S/C11H20N2O5/c1-4-11(2,12)10(17)13-7(9(15)16)5-6-8(14)18-3/h7H,4-6,12H2,1-3H3,(H,13,17)(H,15,16). The van der Waals surface area contributed by atoms with Gasteiger partial charge in [0.1, 0.15) is 6.04 Å². The highest BCUT2D eigenvalue weighted by molar-refractivity contribution is 5.89. The molecule has 0 saturated carbocycles.